The molecule has 27 heavy (non-hydrogen) atoms. The highest BCUT2D eigenvalue weighted by molar-refractivity contribution is 5.89. The summed E-state index contributed by atoms with van der Waals surface area (Å²) in [5.74, 6) is -0.556. The van der Waals surface area contributed by atoms with Gasteiger partial charge in [0.05, 0.1) is 5.56 Å². The van der Waals surface area contributed by atoms with E-state index in [4.69, 9.17) is 0 Å². The second-order valence-electron chi connectivity index (χ2n) is 8.20. The van der Waals surface area contributed by atoms with Crippen molar-refractivity contribution in [2.24, 2.45) is 5.41 Å². The number of rotatable bonds is 3. The minimum atomic E-state index is -0.935. The van der Waals surface area contributed by atoms with Crippen LogP contribution in [0.15, 0.2) is 42.6 Å². The van der Waals surface area contributed by atoms with Crippen molar-refractivity contribution in [3.05, 3.63) is 53.9 Å². The van der Waals surface area contributed by atoms with E-state index in [0.29, 0.717) is 6.54 Å². The zero-order valence-electron chi connectivity index (χ0n) is 16.1. The topological polar surface area (TPSA) is 70.5 Å². The van der Waals surface area contributed by atoms with Crippen molar-refractivity contribution >= 4 is 11.9 Å². The van der Waals surface area contributed by atoms with E-state index in [1.165, 1.54) is 0 Å². The predicted molar refractivity (Wildman–Crippen MR) is 105 cm³/mol. The molecule has 0 aliphatic carbocycles. The third kappa shape index (κ3) is 4.35. The Morgan fingerprint density at radius 1 is 1.15 bits per heavy atom. The lowest BCUT2D eigenvalue weighted by Gasteiger charge is -2.36. The van der Waals surface area contributed by atoms with E-state index in [1.807, 2.05) is 43.9 Å². The highest BCUT2D eigenvalue weighted by Gasteiger charge is 2.31. The number of benzene rings is 1. The van der Waals surface area contributed by atoms with Crippen molar-refractivity contribution in [2.45, 2.75) is 39.5 Å². The van der Waals surface area contributed by atoms with Crippen molar-refractivity contribution in [2.75, 3.05) is 13.1 Å². The van der Waals surface area contributed by atoms with Crippen LogP contribution in [0.1, 0.15) is 55.6 Å². The molecule has 1 amide bonds. The summed E-state index contributed by atoms with van der Waals surface area (Å²) in [7, 11) is 0. The maximum atomic E-state index is 12.6. The standard InChI is InChI=1S/C22H26N2O3/c1-22(2,3)21(27)24-11-5-8-18(14-24)19-13-16(9-10-23-19)15-6-4-7-17(12-15)20(25)26/h4,6-7,9-10,12-13,18H,5,8,11,14H2,1-3H3,(H,25,26)/t18-/m0/s1. The van der Waals surface area contributed by atoms with Crippen molar-refractivity contribution in [3.8, 4) is 11.1 Å². The molecule has 1 saturated heterocycles. The van der Waals surface area contributed by atoms with Crippen molar-refractivity contribution in [1.29, 1.82) is 0 Å². The molecule has 1 aromatic carbocycles. The minimum Gasteiger partial charge on any atom is -0.478 e. The lowest BCUT2D eigenvalue weighted by atomic mass is 9.89. The molecule has 0 saturated carbocycles. The molecule has 1 atom stereocenters. The zero-order valence-corrected chi connectivity index (χ0v) is 16.1. The third-order valence-corrected chi connectivity index (χ3v) is 4.99. The van der Waals surface area contributed by atoms with E-state index >= 15 is 0 Å². The van der Waals surface area contributed by atoms with Gasteiger partial charge in [-0.05, 0) is 48.2 Å². The quantitative estimate of drug-likeness (QED) is 0.884. The van der Waals surface area contributed by atoms with Crippen LogP contribution in [0.5, 0.6) is 0 Å². The van der Waals surface area contributed by atoms with Gasteiger partial charge in [-0.25, -0.2) is 4.79 Å². The lowest BCUT2D eigenvalue weighted by Crippen LogP contribution is -2.44. The van der Waals surface area contributed by atoms with Crippen molar-refractivity contribution in [3.63, 3.8) is 0 Å². The van der Waals surface area contributed by atoms with Gasteiger partial charge in [-0.15, -0.1) is 0 Å². The molecule has 2 aromatic rings. The number of carbonyl (C=O) groups excluding carboxylic acids is 1. The average molecular weight is 366 g/mol. The maximum Gasteiger partial charge on any atom is 0.335 e. The van der Waals surface area contributed by atoms with Crippen LogP contribution in [-0.4, -0.2) is 40.0 Å². The minimum absolute atomic E-state index is 0.178. The second kappa shape index (κ2) is 7.51. The number of carboxylic acids is 1. The van der Waals surface area contributed by atoms with Gasteiger partial charge in [0.1, 0.15) is 0 Å². The number of amides is 1. The molecule has 1 fully saturated rings. The number of aromatic carboxylic acids is 1. The number of carbonyl (C=O) groups is 2. The van der Waals surface area contributed by atoms with E-state index in [9.17, 15) is 14.7 Å². The molecule has 5 heteroatoms. The van der Waals surface area contributed by atoms with Gasteiger partial charge < -0.3 is 10.0 Å². The second-order valence-corrected chi connectivity index (χ2v) is 8.20. The first-order valence-electron chi connectivity index (χ1n) is 9.35. The number of aromatic nitrogens is 1. The summed E-state index contributed by atoms with van der Waals surface area (Å²) in [5, 5.41) is 9.21. The van der Waals surface area contributed by atoms with Gasteiger partial charge in [-0.2, -0.15) is 0 Å². The van der Waals surface area contributed by atoms with Crippen LogP contribution in [0.2, 0.25) is 0 Å². The van der Waals surface area contributed by atoms with E-state index in [0.717, 1.165) is 36.2 Å². The number of hydrogen-bond acceptors (Lipinski definition) is 3. The number of carboxylic acid groups (broad SMARTS) is 1. The molecular weight excluding hydrogens is 340 g/mol. The first-order valence-corrected chi connectivity index (χ1v) is 9.35. The number of piperidine rings is 1. The highest BCUT2D eigenvalue weighted by Crippen LogP contribution is 2.31. The number of hydrogen-bond donors (Lipinski definition) is 1. The van der Waals surface area contributed by atoms with Gasteiger partial charge in [0.25, 0.3) is 0 Å². The Morgan fingerprint density at radius 2 is 1.89 bits per heavy atom. The Hall–Kier alpha value is -2.69. The van der Waals surface area contributed by atoms with Crippen LogP contribution in [0.25, 0.3) is 11.1 Å². The van der Waals surface area contributed by atoms with Crippen LogP contribution in [0.3, 0.4) is 0 Å². The monoisotopic (exact) mass is 366 g/mol. The first kappa shape index (κ1) is 19.1. The Morgan fingerprint density at radius 3 is 2.59 bits per heavy atom. The van der Waals surface area contributed by atoms with E-state index in [-0.39, 0.29) is 22.8 Å². The van der Waals surface area contributed by atoms with Crippen LogP contribution < -0.4 is 0 Å². The maximum absolute atomic E-state index is 12.6. The zero-order chi connectivity index (χ0) is 19.6. The average Bonchev–Trinajstić information content (AvgIpc) is 2.67. The normalized spacial score (nSPS) is 17.6. The molecule has 0 bridgehead atoms. The summed E-state index contributed by atoms with van der Waals surface area (Å²) < 4.78 is 0. The summed E-state index contributed by atoms with van der Waals surface area (Å²) in [4.78, 5) is 30.4. The SMILES string of the molecule is CC(C)(C)C(=O)N1CCC[C@H](c2cc(-c3cccc(C(=O)O)c3)ccn2)C1. The Bertz CT molecular complexity index is 855. The molecule has 0 radical (unpaired) electrons. The van der Waals surface area contributed by atoms with E-state index in [1.54, 1.807) is 24.4 Å². The predicted octanol–water partition coefficient (Wildman–Crippen LogP) is 4.20. The van der Waals surface area contributed by atoms with Crippen LogP contribution in [0, 0.1) is 5.41 Å². The van der Waals surface area contributed by atoms with Gasteiger partial charge in [0.15, 0.2) is 0 Å². The van der Waals surface area contributed by atoms with E-state index < -0.39 is 5.97 Å². The van der Waals surface area contributed by atoms with Gasteiger partial charge in [0, 0.05) is 36.3 Å². The fourth-order valence-electron chi connectivity index (χ4n) is 3.56. The van der Waals surface area contributed by atoms with Gasteiger partial charge in [0.2, 0.25) is 5.91 Å². The summed E-state index contributed by atoms with van der Waals surface area (Å²) in [6.45, 7) is 7.34. The number of nitrogens with zero attached hydrogens (tertiary/aromatic N) is 2. The van der Waals surface area contributed by atoms with Gasteiger partial charge >= 0.3 is 5.97 Å². The molecule has 2 heterocycles. The first-order chi connectivity index (χ1) is 12.8. The largest absolute Gasteiger partial charge is 0.478 e. The molecule has 0 unspecified atom stereocenters. The Labute approximate surface area is 160 Å². The van der Waals surface area contributed by atoms with Crippen LogP contribution in [-0.2, 0) is 4.79 Å². The fourth-order valence-corrected chi connectivity index (χ4v) is 3.56. The molecule has 0 spiro atoms. The summed E-state index contributed by atoms with van der Waals surface area (Å²) in [6.07, 6.45) is 3.73. The fraction of sp³-hybridized carbons (Fsp3) is 0.409. The Kier molecular flexibility index (Phi) is 5.31. The molecule has 1 N–H and O–H groups in total. The third-order valence-electron chi connectivity index (χ3n) is 4.99. The number of likely N-dealkylation sites (tertiary alicyclic amines) is 1. The molecule has 1 aliphatic heterocycles. The number of pyridine rings is 1. The summed E-state index contributed by atoms with van der Waals surface area (Å²) >= 11 is 0. The molecule has 1 aliphatic rings. The van der Waals surface area contributed by atoms with Crippen LogP contribution in [0.4, 0.5) is 0 Å². The molecular formula is C22H26N2O3. The summed E-state index contributed by atoms with van der Waals surface area (Å²) in [5.41, 5.74) is 2.65. The Balaban J connectivity index is 1.84. The van der Waals surface area contributed by atoms with Gasteiger partial charge in [-0.3, -0.25) is 9.78 Å². The van der Waals surface area contributed by atoms with Crippen LogP contribution >= 0.6 is 0 Å². The van der Waals surface area contributed by atoms with Crippen molar-refractivity contribution < 1.29 is 14.7 Å². The summed E-state index contributed by atoms with van der Waals surface area (Å²) in [6, 6.07) is 10.8. The van der Waals surface area contributed by atoms with E-state index in [2.05, 4.69) is 4.98 Å². The van der Waals surface area contributed by atoms with Crippen molar-refractivity contribution in [1.82, 2.24) is 9.88 Å². The molecule has 1 aromatic heterocycles. The highest BCUT2D eigenvalue weighted by atomic mass is 16.4. The molecule has 5 nitrogen and oxygen atoms in total. The lowest BCUT2D eigenvalue weighted by molar-refractivity contribution is -0.140. The molecule has 3 rings (SSSR count). The van der Waals surface area contributed by atoms with Gasteiger partial charge in [-0.1, -0.05) is 32.9 Å². The smallest absolute Gasteiger partial charge is 0.335 e. The molecule has 142 valence electrons.